The summed E-state index contributed by atoms with van der Waals surface area (Å²) >= 11 is 1.59. The summed E-state index contributed by atoms with van der Waals surface area (Å²) in [6, 6.07) is 6.02. The highest BCUT2D eigenvalue weighted by molar-refractivity contribution is 8.00. The van der Waals surface area contributed by atoms with Crippen molar-refractivity contribution in [1.29, 1.82) is 0 Å². The normalized spacial score (nSPS) is 20.7. The number of ether oxygens (including phenoxy) is 2. The molecule has 25 heavy (non-hydrogen) atoms. The predicted octanol–water partition coefficient (Wildman–Crippen LogP) is 3.51. The first-order chi connectivity index (χ1) is 12.2. The second-order valence-electron chi connectivity index (χ2n) is 6.37. The number of aromatic nitrogens is 2. The zero-order valence-corrected chi connectivity index (χ0v) is 14.9. The van der Waals surface area contributed by atoms with E-state index in [1.54, 1.807) is 25.1 Å². The van der Waals surface area contributed by atoms with Crippen LogP contribution in [0.25, 0.3) is 0 Å². The second-order valence-corrected chi connectivity index (χ2v) is 7.47. The lowest BCUT2D eigenvalue weighted by Crippen LogP contribution is -2.12. The number of anilines is 1. The Labute approximate surface area is 150 Å². The molecule has 1 aliphatic heterocycles. The van der Waals surface area contributed by atoms with Crippen molar-refractivity contribution >= 4 is 23.5 Å². The quantitative estimate of drug-likeness (QED) is 0.873. The zero-order valence-electron chi connectivity index (χ0n) is 14.1. The molecule has 1 aromatic heterocycles. The Bertz CT molecular complexity index is 771. The predicted molar refractivity (Wildman–Crippen MR) is 97.4 cm³/mol. The van der Waals surface area contributed by atoms with E-state index in [9.17, 15) is 4.79 Å². The Morgan fingerprint density at radius 2 is 2.08 bits per heavy atom. The topological polar surface area (TPSA) is 76.2 Å². The minimum atomic E-state index is -0.0195. The van der Waals surface area contributed by atoms with Gasteiger partial charge >= 0.3 is 0 Å². The highest BCUT2D eigenvalue weighted by atomic mass is 32.2. The van der Waals surface area contributed by atoms with Crippen molar-refractivity contribution < 1.29 is 14.3 Å². The number of carbonyl (C=O) groups is 1. The third-order valence-electron chi connectivity index (χ3n) is 4.68. The van der Waals surface area contributed by atoms with Crippen LogP contribution in [0.3, 0.4) is 0 Å². The standard InChI is InChI=1S/C18H21N3O3S/c1-23-14-7-6-11(8-15(14)24-12-4-2-3-5-12)17-13-9-19-21-18(13)20-16(22)10-25-17/h6-9,12,17H,2-5,10H2,1H3,(H2,19,20,21,22). The van der Waals surface area contributed by atoms with E-state index in [1.165, 1.54) is 12.8 Å². The van der Waals surface area contributed by atoms with Crippen molar-refractivity contribution in [3.63, 3.8) is 0 Å². The number of thioether (sulfide) groups is 1. The lowest BCUT2D eigenvalue weighted by Gasteiger charge is -2.19. The summed E-state index contributed by atoms with van der Waals surface area (Å²) in [5.41, 5.74) is 2.06. The van der Waals surface area contributed by atoms with Gasteiger partial charge in [0.2, 0.25) is 5.91 Å². The summed E-state index contributed by atoms with van der Waals surface area (Å²) in [5.74, 6) is 2.58. The van der Waals surface area contributed by atoms with Gasteiger partial charge in [-0.1, -0.05) is 6.07 Å². The Morgan fingerprint density at radius 3 is 2.88 bits per heavy atom. The first kappa shape index (κ1) is 16.3. The molecule has 1 saturated carbocycles. The number of methoxy groups -OCH3 is 1. The summed E-state index contributed by atoms with van der Waals surface area (Å²) in [6.07, 6.45) is 6.67. The van der Waals surface area contributed by atoms with E-state index in [1.807, 2.05) is 18.2 Å². The van der Waals surface area contributed by atoms with Gasteiger partial charge in [-0.15, -0.1) is 11.8 Å². The SMILES string of the molecule is COc1ccc(C2SCC(=O)Nc3[nH]ncc32)cc1OC1CCCC1. The van der Waals surface area contributed by atoms with Crippen molar-refractivity contribution in [2.45, 2.75) is 37.0 Å². The molecule has 4 rings (SSSR count). The fourth-order valence-electron chi connectivity index (χ4n) is 3.43. The van der Waals surface area contributed by atoms with E-state index in [0.29, 0.717) is 11.6 Å². The number of fused-ring (bicyclic) bond motifs is 1. The molecule has 0 radical (unpaired) electrons. The van der Waals surface area contributed by atoms with Gasteiger partial charge < -0.3 is 14.8 Å². The van der Waals surface area contributed by atoms with E-state index in [4.69, 9.17) is 9.47 Å². The average molecular weight is 359 g/mol. The first-order valence-electron chi connectivity index (χ1n) is 8.54. The Morgan fingerprint density at radius 1 is 1.24 bits per heavy atom. The number of carbonyl (C=O) groups excluding carboxylic acids is 1. The molecule has 2 heterocycles. The zero-order chi connectivity index (χ0) is 17.2. The molecule has 0 bridgehead atoms. The molecular formula is C18H21N3O3S. The van der Waals surface area contributed by atoms with Crippen LogP contribution >= 0.6 is 11.8 Å². The molecule has 0 spiro atoms. The smallest absolute Gasteiger partial charge is 0.235 e. The minimum absolute atomic E-state index is 0.0181. The number of hydrogen-bond acceptors (Lipinski definition) is 5. The summed E-state index contributed by atoms with van der Waals surface area (Å²) in [7, 11) is 1.66. The largest absolute Gasteiger partial charge is 0.493 e. The van der Waals surface area contributed by atoms with Crippen LogP contribution in [0.5, 0.6) is 11.5 Å². The fraction of sp³-hybridized carbons (Fsp3) is 0.444. The summed E-state index contributed by atoms with van der Waals surface area (Å²) in [5, 5.41) is 9.84. The average Bonchev–Trinajstić information content (AvgIpc) is 3.25. The maximum absolute atomic E-state index is 11.9. The molecule has 1 aliphatic carbocycles. The Hall–Kier alpha value is -2.15. The van der Waals surface area contributed by atoms with Gasteiger partial charge in [0.1, 0.15) is 5.82 Å². The van der Waals surface area contributed by atoms with Crippen LogP contribution in [-0.2, 0) is 4.79 Å². The fourth-order valence-corrected chi connectivity index (χ4v) is 4.52. The molecule has 132 valence electrons. The number of benzene rings is 1. The molecule has 1 unspecified atom stereocenters. The number of nitrogens with one attached hydrogen (secondary N) is 2. The van der Waals surface area contributed by atoms with Crippen LogP contribution in [0.2, 0.25) is 0 Å². The van der Waals surface area contributed by atoms with Crippen molar-refractivity contribution in [1.82, 2.24) is 10.2 Å². The van der Waals surface area contributed by atoms with Gasteiger partial charge in [0.25, 0.3) is 0 Å². The van der Waals surface area contributed by atoms with Gasteiger partial charge in [0.15, 0.2) is 11.5 Å². The van der Waals surface area contributed by atoms with Crippen LogP contribution in [0.4, 0.5) is 5.82 Å². The van der Waals surface area contributed by atoms with E-state index in [2.05, 4.69) is 15.5 Å². The van der Waals surface area contributed by atoms with Gasteiger partial charge in [-0.3, -0.25) is 9.89 Å². The molecule has 7 heteroatoms. The highest BCUT2D eigenvalue weighted by Gasteiger charge is 2.27. The van der Waals surface area contributed by atoms with Crippen molar-refractivity contribution in [3.8, 4) is 11.5 Å². The van der Waals surface area contributed by atoms with Crippen molar-refractivity contribution in [2.75, 3.05) is 18.2 Å². The van der Waals surface area contributed by atoms with E-state index < -0.39 is 0 Å². The molecule has 2 N–H and O–H groups in total. The third kappa shape index (κ3) is 3.33. The van der Waals surface area contributed by atoms with Crippen LogP contribution in [0.15, 0.2) is 24.4 Å². The molecule has 1 aromatic carbocycles. The van der Waals surface area contributed by atoms with Gasteiger partial charge in [-0.05, 0) is 43.4 Å². The minimum Gasteiger partial charge on any atom is -0.493 e. The number of amides is 1. The first-order valence-corrected chi connectivity index (χ1v) is 9.59. The molecule has 6 nitrogen and oxygen atoms in total. The maximum atomic E-state index is 11.9. The van der Waals surface area contributed by atoms with Crippen LogP contribution in [0.1, 0.15) is 42.1 Å². The lowest BCUT2D eigenvalue weighted by atomic mass is 10.1. The molecule has 1 atom stereocenters. The van der Waals surface area contributed by atoms with E-state index >= 15 is 0 Å². The summed E-state index contributed by atoms with van der Waals surface area (Å²) in [4.78, 5) is 11.9. The molecule has 0 saturated heterocycles. The van der Waals surface area contributed by atoms with Gasteiger partial charge in [0, 0.05) is 5.56 Å². The van der Waals surface area contributed by atoms with E-state index in [-0.39, 0.29) is 17.3 Å². The van der Waals surface area contributed by atoms with Crippen LogP contribution in [0, 0.1) is 0 Å². The number of nitrogens with zero attached hydrogens (tertiary/aromatic N) is 1. The number of H-pyrrole nitrogens is 1. The van der Waals surface area contributed by atoms with Gasteiger partial charge in [-0.25, -0.2) is 0 Å². The number of aromatic amines is 1. The summed E-state index contributed by atoms with van der Waals surface area (Å²) < 4.78 is 11.7. The molecular weight excluding hydrogens is 338 g/mol. The second kappa shape index (κ2) is 7.00. The molecule has 1 amide bonds. The molecule has 2 aromatic rings. The Balaban J connectivity index is 1.67. The Kier molecular flexibility index (Phi) is 4.57. The highest BCUT2D eigenvalue weighted by Crippen LogP contribution is 2.43. The van der Waals surface area contributed by atoms with Crippen LogP contribution < -0.4 is 14.8 Å². The van der Waals surface area contributed by atoms with Crippen molar-refractivity contribution in [3.05, 3.63) is 35.5 Å². The van der Waals surface area contributed by atoms with Crippen LogP contribution in [-0.4, -0.2) is 35.1 Å². The molecule has 1 fully saturated rings. The maximum Gasteiger partial charge on any atom is 0.235 e. The number of hydrogen-bond donors (Lipinski definition) is 2. The monoisotopic (exact) mass is 359 g/mol. The lowest BCUT2D eigenvalue weighted by molar-refractivity contribution is -0.113. The van der Waals surface area contributed by atoms with Gasteiger partial charge in [-0.2, -0.15) is 5.10 Å². The van der Waals surface area contributed by atoms with Crippen molar-refractivity contribution in [2.24, 2.45) is 0 Å². The third-order valence-corrected chi connectivity index (χ3v) is 5.97. The number of rotatable bonds is 4. The van der Waals surface area contributed by atoms with E-state index in [0.717, 1.165) is 35.5 Å². The molecule has 2 aliphatic rings. The summed E-state index contributed by atoms with van der Waals surface area (Å²) in [6.45, 7) is 0. The van der Waals surface area contributed by atoms with Gasteiger partial charge in [0.05, 0.1) is 30.4 Å².